The van der Waals surface area contributed by atoms with Gasteiger partial charge in [-0.05, 0) is 24.0 Å². The molecule has 19 heavy (non-hydrogen) atoms. The van der Waals surface area contributed by atoms with E-state index in [1.165, 1.54) is 12.8 Å². The van der Waals surface area contributed by atoms with Crippen molar-refractivity contribution in [2.45, 2.75) is 45.7 Å². The van der Waals surface area contributed by atoms with Crippen LogP contribution in [0.5, 0.6) is 0 Å². The Morgan fingerprint density at radius 1 is 1.21 bits per heavy atom. The van der Waals surface area contributed by atoms with Crippen molar-refractivity contribution in [1.82, 2.24) is 4.90 Å². The third-order valence-corrected chi connectivity index (χ3v) is 4.25. The molecule has 1 aliphatic rings. The Balaban J connectivity index is 1.99. The predicted molar refractivity (Wildman–Crippen MR) is 77.4 cm³/mol. The van der Waals surface area contributed by atoms with Crippen LogP contribution >= 0.6 is 0 Å². The third-order valence-electron chi connectivity index (χ3n) is 4.25. The zero-order valence-corrected chi connectivity index (χ0v) is 12.0. The number of rotatable bonds is 4. The molecule has 1 aromatic carbocycles. The minimum absolute atomic E-state index is 0.133. The van der Waals surface area contributed by atoms with Crippen LogP contribution in [0.2, 0.25) is 0 Å². The molecule has 3 heteroatoms. The zero-order valence-electron chi connectivity index (χ0n) is 12.0. The van der Waals surface area contributed by atoms with Crippen LogP contribution in [0.25, 0.3) is 0 Å². The lowest BCUT2D eigenvalue weighted by Gasteiger charge is -2.29. The number of benzene rings is 1. The molecule has 1 aliphatic carbocycles. The molecule has 0 unspecified atom stereocenters. The topological polar surface area (TPSA) is 46.3 Å². The monoisotopic (exact) mass is 260 g/mol. The van der Waals surface area contributed by atoms with Gasteiger partial charge in [-0.3, -0.25) is 4.79 Å². The molecule has 0 bridgehead atoms. The van der Waals surface area contributed by atoms with Crippen LogP contribution in [0.4, 0.5) is 0 Å². The second-order valence-corrected chi connectivity index (χ2v) is 5.95. The highest BCUT2D eigenvalue weighted by Gasteiger charge is 2.37. The highest BCUT2D eigenvalue weighted by atomic mass is 16.2. The van der Waals surface area contributed by atoms with Crippen LogP contribution in [0.3, 0.4) is 0 Å². The van der Waals surface area contributed by atoms with E-state index in [-0.39, 0.29) is 11.3 Å². The van der Waals surface area contributed by atoms with Gasteiger partial charge in [0.2, 0.25) is 5.91 Å². The van der Waals surface area contributed by atoms with Gasteiger partial charge in [0.1, 0.15) is 0 Å². The first-order chi connectivity index (χ1) is 9.05. The first kappa shape index (κ1) is 14.1. The normalized spacial score (nSPS) is 17.4. The molecule has 0 radical (unpaired) electrons. The van der Waals surface area contributed by atoms with Gasteiger partial charge < -0.3 is 10.6 Å². The smallest absolute Gasteiger partial charge is 0.228 e. The molecule has 1 saturated carbocycles. The number of hydrogen-bond acceptors (Lipinski definition) is 2. The maximum Gasteiger partial charge on any atom is 0.228 e. The van der Waals surface area contributed by atoms with Crippen molar-refractivity contribution in [1.29, 1.82) is 0 Å². The third kappa shape index (κ3) is 3.16. The highest BCUT2D eigenvalue weighted by molar-refractivity contribution is 5.82. The van der Waals surface area contributed by atoms with E-state index in [4.69, 9.17) is 5.73 Å². The number of hydrogen-bond donors (Lipinski definition) is 1. The summed E-state index contributed by atoms with van der Waals surface area (Å²) in [6.45, 7) is 3.35. The van der Waals surface area contributed by atoms with E-state index < -0.39 is 0 Å². The molecule has 1 amide bonds. The summed E-state index contributed by atoms with van der Waals surface area (Å²) < 4.78 is 0. The molecule has 0 aliphatic heterocycles. The molecule has 0 heterocycles. The molecule has 0 spiro atoms. The maximum atomic E-state index is 12.5. The van der Waals surface area contributed by atoms with Gasteiger partial charge in [-0.15, -0.1) is 0 Å². The summed E-state index contributed by atoms with van der Waals surface area (Å²) in [4.78, 5) is 14.4. The second-order valence-electron chi connectivity index (χ2n) is 5.95. The van der Waals surface area contributed by atoms with Gasteiger partial charge in [0.15, 0.2) is 0 Å². The number of nitrogens with two attached hydrogens (primary N) is 1. The molecule has 104 valence electrons. The largest absolute Gasteiger partial charge is 0.341 e. The van der Waals surface area contributed by atoms with Gasteiger partial charge >= 0.3 is 0 Å². The molecule has 1 aromatic rings. The summed E-state index contributed by atoms with van der Waals surface area (Å²) in [6.07, 6.45) is 4.42. The van der Waals surface area contributed by atoms with E-state index in [1.807, 2.05) is 24.1 Å². The number of amides is 1. The first-order valence-corrected chi connectivity index (χ1v) is 7.09. The van der Waals surface area contributed by atoms with Crippen LogP contribution in [0.15, 0.2) is 24.3 Å². The van der Waals surface area contributed by atoms with Crippen molar-refractivity contribution in [3.8, 4) is 0 Å². The average molecular weight is 260 g/mol. The Bertz CT molecular complexity index is 433. The molecule has 2 rings (SSSR count). The van der Waals surface area contributed by atoms with Crippen molar-refractivity contribution < 1.29 is 4.79 Å². The lowest BCUT2D eigenvalue weighted by atomic mass is 9.87. The van der Waals surface area contributed by atoms with Gasteiger partial charge in [0, 0.05) is 25.6 Å². The van der Waals surface area contributed by atoms with Gasteiger partial charge in [0.05, 0.1) is 0 Å². The Morgan fingerprint density at radius 2 is 1.74 bits per heavy atom. The minimum atomic E-state index is -0.133. The molecular weight excluding hydrogens is 236 g/mol. The zero-order chi connectivity index (χ0) is 13.9. The van der Waals surface area contributed by atoms with Crippen LogP contribution in [0.1, 0.15) is 43.7 Å². The van der Waals surface area contributed by atoms with Gasteiger partial charge in [-0.1, -0.05) is 44.0 Å². The molecular formula is C16H24N2O. The van der Waals surface area contributed by atoms with Gasteiger partial charge in [-0.2, -0.15) is 0 Å². The van der Waals surface area contributed by atoms with E-state index in [0.717, 1.165) is 24.0 Å². The van der Waals surface area contributed by atoms with E-state index in [9.17, 15) is 4.79 Å². The second kappa shape index (κ2) is 5.74. The Kier molecular flexibility index (Phi) is 4.25. The molecule has 0 saturated heterocycles. The molecule has 0 atom stereocenters. The van der Waals surface area contributed by atoms with Crippen molar-refractivity contribution in [2.75, 3.05) is 7.05 Å². The van der Waals surface area contributed by atoms with E-state index in [2.05, 4.69) is 19.1 Å². The number of nitrogens with zero attached hydrogens (tertiary/aromatic N) is 1. The maximum absolute atomic E-state index is 12.5. The lowest BCUT2D eigenvalue weighted by Crippen LogP contribution is -2.38. The lowest BCUT2D eigenvalue weighted by molar-refractivity contribution is -0.140. The standard InChI is InChI=1S/C16H24N2O/c1-16(9-3-4-10-16)15(19)18(2)12-14-7-5-13(11-17)6-8-14/h5-8H,3-4,9-12,17H2,1-2H3. The Hall–Kier alpha value is -1.35. The average Bonchev–Trinajstić information content (AvgIpc) is 2.87. The fourth-order valence-electron chi connectivity index (χ4n) is 2.96. The van der Waals surface area contributed by atoms with Crippen LogP contribution in [-0.4, -0.2) is 17.9 Å². The van der Waals surface area contributed by atoms with E-state index in [0.29, 0.717) is 13.1 Å². The minimum Gasteiger partial charge on any atom is -0.341 e. The van der Waals surface area contributed by atoms with Gasteiger partial charge in [0.25, 0.3) is 0 Å². The van der Waals surface area contributed by atoms with Crippen LogP contribution < -0.4 is 5.73 Å². The number of carbonyl (C=O) groups is 1. The van der Waals surface area contributed by atoms with Crippen molar-refractivity contribution in [2.24, 2.45) is 11.1 Å². The quantitative estimate of drug-likeness (QED) is 0.904. The molecule has 3 nitrogen and oxygen atoms in total. The molecule has 2 N–H and O–H groups in total. The van der Waals surface area contributed by atoms with E-state index in [1.54, 1.807) is 0 Å². The summed E-state index contributed by atoms with van der Waals surface area (Å²) in [6, 6.07) is 8.18. The fraction of sp³-hybridized carbons (Fsp3) is 0.562. The SMILES string of the molecule is CN(Cc1ccc(CN)cc1)C(=O)C1(C)CCCC1. The summed E-state index contributed by atoms with van der Waals surface area (Å²) >= 11 is 0. The van der Waals surface area contributed by atoms with Crippen molar-refractivity contribution in [3.63, 3.8) is 0 Å². The Labute approximate surface area is 115 Å². The van der Waals surface area contributed by atoms with E-state index >= 15 is 0 Å². The van der Waals surface area contributed by atoms with Gasteiger partial charge in [-0.25, -0.2) is 0 Å². The van der Waals surface area contributed by atoms with Crippen LogP contribution in [-0.2, 0) is 17.9 Å². The molecule has 1 fully saturated rings. The van der Waals surface area contributed by atoms with Crippen molar-refractivity contribution in [3.05, 3.63) is 35.4 Å². The summed E-state index contributed by atoms with van der Waals surface area (Å²) in [5.74, 6) is 0.285. The molecule has 0 aromatic heterocycles. The summed E-state index contributed by atoms with van der Waals surface area (Å²) in [5, 5.41) is 0. The summed E-state index contributed by atoms with van der Waals surface area (Å²) in [5.41, 5.74) is 7.74. The van der Waals surface area contributed by atoms with Crippen molar-refractivity contribution >= 4 is 5.91 Å². The summed E-state index contributed by atoms with van der Waals surface area (Å²) in [7, 11) is 1.91. The predicted octanol–water partition coefficient (Wildman–Crippen LogP) is 2.68. The van der Waals surface area contributed by atoms with Crippen LogP contribution in [0, 0.1) is 5.41 Å². The fourth-order valence-corrected chi connectivity index (χ4v) is 2.96. The highest BCUT2D eigenvalue weighted by Crippen LogP contribution is 2.39. The first-order valence-electron chi connectivity index (χ1n) is 7.09. The number of carbonyl (C=O) groups excluding carboxylic acids is 1. The Morgan fingerprint density at radius 3 is 2.26 bits per heavy atom.